The van der Waals surface area contributed by atoms with Crippen LogP contribution in [0.4, 0.5) is 0 Å². The minimum absolute atomic E-state index is 0. The van der Waals surface area contributed by atoms with Crippen LogP contribution in [0.15, 0.2) is 96.1 Å². The zero-order valence-electron chi connectivity index (χ0n) is 30.2. The maximum absolute atomic E-state index is 2.72. The molecule has 4 unspecified atom stereocenters. The quantitative estimate of drug-likeness (QED) is 0.164. The van der Waals surface area contributed by atoms with Gasteiger partial charge >= 0.3 is 289 Å². The van der Waals surface area contributed by atoms with Crippen LogP contribution >= 0.6 is 0 Å². The number of fused-ring (bicyclic) bond motifs is 3. The van der Waals surface area contributed by atoms with Crippen molar-refractivity contribution >= 4 is 12.2 Å². The Morgan fingerprint density at radius 3 is 1.31 bits per heavy atom. The number of benzene rings is 4. The van der Waals surface area contributed by atoms with Gasteiger partial charge in [0.15, 0.2) is 0 Å². The average molecular weight is 724 g/mol. The number of allylic oxidation sites excluding steroid dienone is 2. The van der Waals surface area contributed by atoms with E-state index in [4.69, 9.17) is 0 Å². The predicted molar refractivity (Wildman–Crippen MR) is 200 cm³/mol. The fraction of sp³-hybridized carbons (Fsp3) is 0.391. The van der Waals surface area contributed by atoms with Gasteiger partial charge in [-0.3, -0.25) is 0 Å². The molecular formula is C46H52Cl2Ti. The average Bonchev–Trinajstić information content (AvgIpc) is 3.33. The molecule has 4 aromatic carbocycles. The van der Waals surface area contributed by atoms with Crippen LogP contribution in [-0.2, 0) is 16.6 Å². The van der Waals surface area contributed by atoms with Crippen molar-refractivity contribution in [2.75, 3.05) is 0 Å². The van der Waals surface area contributed by atoms with Crippen molar-refractivity contribution in [1.29, 1.82) is 0 Å². The molecule has 0 nitrogen and oxygen atoms in total. The van der Waals surface area contributed by atoms with Gasteiger partial charge < -0.3 is 24.8 Å². The van der Waals surface area contributed by atoms with Gasteiger partial charge in [-0.15, -0.1) is 0 Å². The minimum Gasteiger partial charge on any atom is -1.00 e. The van der Waals surface area contributed by atoms with E-state index in [0.29, 0.717) is 20.3 Å². The number of hydrogen-bond donors (Lipinski definition) is 0. The molecule has 254 valence electrons. The van der Waals surface area contributed by atoms with Gasteiger partial charge in [-0.2, -0.15) is 0 Å². The van der Waals surface area contributed by atoms with Crippen molar-refractivity contribution in [1.82, 2.24) is 0 Å². The van der Waals surface area contributed by atoms with E-state index in [0.717, 1.165) is 8.45 Å². The molecule has 0 spiro atoms. The van der Waals surface area contributed by atoms with Crippen LogP contribution < -0.4 is 24.8 Å². The van der Waals surface area contributed by atoms with Gasteiger partial charge in [-0.1, -0.05) is 0 Å². The molecule has 1 saturated carbocycles. The molecule has 1 saturated heterocycles. The van der Waals surface area contributed by atoms with E-state index in [1.807, 2.05) is 0 Å². The molecule has 0 radical (unpaired) electrons. The van der Waals surface area contributed by atoms with E-state index in [2.05, 4.69) is 139 Å². The van der Waals surface area contributed by atoms with Gasteiger partial charge in [0.2, 0.25) is 0 Å². The summed E-state index contributed by atoms with van der Waals surface area (Å²) in [5.41, 5.74) is 18.4. The summed E-state index contributed by atoms with van der Waals surface area (Å²) in [4.78, 5) is 0. The number of aryl methyl sites for hydroxylation is 2. The van der Waals surface area contributed by atoms with Gasteiger partial charge in [0.05, 0.1) is 0 Å². The second-order valence-electron chi connectivity index (χ2n) is 16.3. The van der Waals surface area contributed by atoms with Gasteiger partial charge in [0.1, 0.15) is 0 Å². The molecule has 4 aromatic rings. The third-order valence-corrected chi connectivity index (χ3v) is 23.1. The molecule has 8 rings (SSSR count). The molecule has 4 aliphatic rings. The summed E-state index contributed by atoms with van der Waals surface area (Å²) in [7, 11) is 0. The number of hydrogen-bond acceptors (Lipinski definition) is 0. The number of halogens is 2. The second-order valence-corrected chi connectivity index (χ2v) is 23.6. The molecule has 4 atom stereocenters. The molecule has 0 aromatic heterocycles. The van der Waals surface area contributed by atoms with Crippen LogP contribution in [-0.4, -0.2) is 0 Å². The van der Waals surface area contributed by atoms with Gasteiger partial charge in [-0.05, 0) is 0 Å². The molecule has 49 heavy (non-hydrogen) atoms. The Morgan fingerprint density at radius 2 is 0.939 bits per heavy atom. The van der Waals surface area contributed by atoms with Crippen LogP contribution in [0.3, 0.4) is 0 Å². The maximum atomic E-state index is 2.72. The molecule has 0 N–H and O–H groups in total. The Kier molecular flexibility index (Phi) is 10.7. The van der Waals surface area contributed by atoms with Crippen molar-refractivity contribution in [2.24, 2.45) is 11.8 Å². The Hall–Kier alpha value is -2.35. The smallest absolute Gasteiger partial charge is 1.00 e. The van der Waals surface area contributed by atoms with E-state index in [-0.39, 0.29) is 24.8 Å². The minimum atomic E-state index is -2.71. The van der Waals surface area contributed by atoms with Crippen LogP contribution in [0.1, 0.15) is 108 Å². The first-order valence-corrected chi connectivity index (χ1v) is 22.2. The largest absolute Gasteiger partial charge is 1.00 e. The fourth-order valence-electron chi connectivity index (χ4n) is 10.6. The standard InChI is InChI=1S/2C20H21.C6H10.2ClH.Ti/c2*1-14(2)11-16-12-18-5-4-6-19(20(18)13-16)17-9-7-15(3)8-10-17;1-2-4-6-5-3-1;;;/h2*4-10,12-14H,11H2,1-3H3;1-2H,3-6H2;2*1H;/q;;;;;+2/p-2. The van der Waals surface area contributed by atoms with Crippen molar-refractivity contribution in [3.8, 4) is 22.3 Å². The first-order valence-electron chi connectivity index (χ1n) is 18.6. The Bertz CT molecular complexity index is 1740. The summed E-state index contributed by atoms with van der Waals surface area (Å²) in [6, 6.07) is 33.3. The van der Waals surface area contributed by atoms with Crippen molar-refractivity contribution < 1.29 is 41.4 Å². The first-order chi connectivity index (χ1) is 22.8. The van der Waals surface area contributed by atoms with Crippen molar-refractivity contribution in [2.45, 2.75) is 97.0 Å². The molecular weight excluding hydrogens is 671 g/mol. The maximum Gasteiger partial charge on any atom is -1.00 e. The third kappa shape index (κ3) is 6.18. The predicted octanol–water partition coefficient (Wildman–Crippen LogP) is 7.63. The summed E-state index contributed by atoms with van der Waals surface area (Å²) in [5.74, 6) is 1.33. The molecule has 3 heteroatoms. The van der Waals surface area contributed by atoms with Crippen LogP contribution in [0.5, 0.6) is 0 Å². The summed E-state index contributed by atoms with van der Waals surface area (Å²) < 4.78 is 3.29. The van der Waals surface area contributed by atoms with Gasteiger partial charge in [0, 0.05) is 0 Å². The molecule has 0 bridgehead atoms. The van der Waals surface area contributed by atoms with E-state index in [1.54, 1.807) is 33.4 Å². The fourth-order valence-corrected chi connectivity index (χ4v) is 24.7. The summed E-state index contributed by atoms with van der Waals surface area (Å²) >= 11 is -2.71. The SMILES string of the molecule is Cc1ccc(-c2cccc3c2C=C(CC(C)C)[CH]3[Ti+2]2([CH]3C(CC(C)C)=Cc4c(-c5ccc(C)cc5)cccc43)[CH]3CCCC[CH]32)cc1.[Cl-].[Cl-]. The summed E-state index contributed by atoms with van der Waals surface area (Å²) in [6.45, 7) is 14.2. The van der Waals surface area contributed by atoms with Crippen LogP contribution in [0, 0.1) is 25.7 Å². The van der Waals surface area contributed by atoms with E-state index in [1.165, 1.54) is 71.9 Å². The van der Waals surface area contributed by atoms with E-state index >= 15 is 0 Å². The van der Waals surface area contributed by atoms with E-state index < -0.39 is 16.6 Å². The number of rotatable bonds is 8. The second kappa shape index (κ2) is 14.3. The van der Waals surface area contributed by atoms with Gasteiger partial charge in [0.25, 0.3) is 0 Å². The monoisotopic (exact) mass is 722 g/mol. The Balaban J connectivity index is 0.00000208. The molecule has 1 heterocycles. The molecule has 1 aliphatic heterocycles. The molecule has 2 fully saturated rings. The van der Waals surface area contributed by atoms with Crippen LogP contribution in [0.25, 0.3) is 34.4 Å². The first kappa shape index (κ1) is 36.4. The topological polar surface area (TPSA) is 0 Å². The molecule has 0 amide bonds. The summed E-state index contributed by atoms with van der Waals surface area (Å²) in [6.07, 6.45) is 13.7. The normalized spacial score (nSPS) is 23.4. The van der Waals surface area contributed by atoms with Gasteiger partial charge in [-0.25, -0.2) is 0 Å². The van der Waals surface area contributed by atoms with Crippen molar-refractivity contribution in [3.63, 3.8) is 0 Å². The van der Waals surface area contributed by atoms with E-state index in [9.17, 15) is 0 Å². The summed E-state index contributed by atoms with van der Waals surface area (Å²) in [5, 5.41) is 0. The van der Waals surface area contributed by atoms with Crippen LogP contribution in [0.2, 0.25) is 8.45 Å². The third-order valence-electron chi connectivity index (χ3n) is 12.3. The Labute approximate surface area is 312 Å². The zero-order valence-corrected chi connectivity index (χ0v) is 33.3. The zero-order chi connectivity index (χ0) is 32.4. The molecule has 3 aliphatic carbocycles. The van der Waals surface area contributed by atoms with Crippen molar-refractivity contribution in [3.05, 3.63) is 129 Å². The Morgan fingerprint density at radius 1 is 0.551 bits per heavy atom.